The van der Waals surface area contributed by atoms with Crippen LogP contribution >= 0.6 is 0 Å². The predicted octanol–water partition coefficient (Wildman–Crippen LogP) is 6.12. The molecule has 1 N–H and O–H groups in total. The van der Waals surface area contributed by atoms with Crippen molar-refractivity contribution in [1.29, 1.82) is 0 Å². The Kier molecular flexibility index (Phi) is 6.92. The molecule has 8 nitrogen and oxygen atoms in total. The molecule has 0 spiro atoms. The number of para-hydroxylation sites is 1. The molecule has 4 aromatic rings. The maximum atomic E-state index is 12.6. The van der Waals surface area contributed by atoms with Crippen molar-refractivity contribution in [2.45, 2.75) is 0 Å². The summed E-state index contributed by atoms with van der Waals surface area (Å²) < 4.78 is 16.3. The highest BCUT2D eigenvalue weighted by atomic mass is 16.6. The van der Waals surface area contributed by atoms with Gasteiger partial charge in [-0.15, -0.1) is 0 Å². The normalized spacial score (nSPS) is 11.3. The fourth-order valence-electron chi connectivity index (χ4n) is 3.51. The number of hydrogen-bond donors (Lipinski definition) is 1. The average Bonchev–Trinajstić information content (AvgIpc) is 3.31. The number of rotatable bonds is 8. The standard InChI is InChI=1S/C27H22N2O6/c1-33-22-15-19(23(13-14-29(31)32)25(17-22)34-2)10-7-18-8-11-21(12-9-18)28-27(30)26-16-20-5-3-4-6-24(20)35-26/h3-17H,1-2H3,(H,28,30)/b10-7+,14-13+. The Morgan fingerprint density at radius 1 is 0.971 bits per heavy atom. The van der Waals surface area contributed by atoms with Crippen LogP contribution in [0.25, 0.3) is 29.2 Å². The molecule has 1 amide bonds. The molecular formula is C27H22N2O6. The highest BCUT2D eigenvalue weighted by molar-refractivity contribution is 6.04. The number of ether oxygens (including phenoxy) is 2. The minimum absolute atomic E-state index is 0.234. The van der Waals surface area contributed by atoms with Crippen LogP contribution in [0.2, 0.25) is 0 Å². The predicted molar refractivity (Wildman–Crippen MR) is 135 cm³/mol. The third kappa shape index (κ3) is 5.56. The molecule has 0 aliphatic heterocycles. The second kappa shape index (κ2) is 10.4. The minimum atomic E-state index is -0.532. The second-order valence-corrected chi connectivity index (χ2v) is 7.49. The van der Waals surface area contributed by atoms with Crippen molar-refractivity contribution in [2.75, 3.05) is 19.5 Å². The van der Waals surface area contributed by atoms with Crippen LogP contribution < -0.4 is 14.8 Å². The summed E-state index contributed by atoms with van der Waals surface area (Å²) in [6, 6.07) is 19.8. The highest BCUT2D eigenvalue weighted by Gasteiger charge is 2.12. The van der Waals surface area contributed by atoms with Crippen LogP contribution in [0.4, 0.5) is 5.69 Å². The Labute approximate surface area is 201 Å². The van der Waals surface area contributed by atoms with Gasteiger partial charge in [-0.3, -0.25) is 14.9 Å². The van der Waals surface area contributed by atoms with Gasteiger partial charge >= 0.3 is 0 Å². The van der Waals surface area contributed by atoms with E-state index in [1.807, 2.05) is 48.6 Å². The van der Waals surface area contributed by atoms with E-state index < -0.39 is 4.92 Å². The van der Waals surface area contributed by atoms with Gasteiger partial charge in [-0.25, -0.2) is 0 Å². The molecule has 0 fully saturated rings. The van der Waals surface area contributed by atoms with Gasteiger partial charge in [0.1, 0.15) is 17.1 Å². The first-order valence-electron chi connectivity index (χ1n) is 10.6. The lowest BCUT2D eigenvalue weighted by molar-refractivity contribution is -0.400. The molecule has 1 aromatic heterocycles. The zero-order valence-corrected chi connectivity index (χ0v) is 19.1. The van der Waals surface area contributed by atoms with E-state index in [1.165, 1.54) is 20.3 Å². The van der Waals surface area contributed by atoms with Gasteiger partial charge in [-0.05, 0) is 41.5 Å². The van der Waals surface area contributed by atoms with Crippen molar-refractivity contribution in [3.8, 4) is 11.5 Å². The van der Waals surface area contributed by atoms with Gasteiger partial charge in [0, 0.05) is 28.8 Å². The number of carbonyl (C=O) groups excluding carboxylic acids is 1. The molecule has 0 bridgehead atoms. The first kappa shape index (κ1) is 23.3. The molecule has 176 valence electrons. The van der Waals surface area contributed by atoms with E-state index in [1.54, 1.807) is 30.3 Å². The molecule has 8 heteroatoms. The number of anilines is 1. The summed E-state index contributed by atoms with van der Waals surface area (Å²) in [4.78, 5) is 22.8. The summed E-state index contributed by atoms with van der Waals surface area (Å²) in [7, 11) is 3.03. The van der Waals surface area contributed by atoms with Crippen molar-refractivity contribution >= 4 is 40.8 Å². The number of benzene rings is 3. The number of methoxy groups -OCH3 is 2. The number of hydrogen-bond acceptors (Lipinski definition) is 6. The van der Waals surface area contributed by atoms with Crippen LogP contribution in [0.3, 0.4) is 0 Å². The lowest BCUT2D eigenvalue weighted by Crippen LogP contribution is -2.10. The number of amides is 1. The number of fused-ring (bicyclic) bond motifs is 1. The molecule has 4 rings (SSSR count). The first-order chi connectivity index (χ1) is 17.0. The van der Waals surface area contributed by atoms with Crippen molar-refractivity contribution in [2.24, 2.45) is 0 Å². The number of furan rings is 1. The Balaban J connectivity index is 1.53. The molecule has 0 radical (unpaired) electrons. The maximum Gasteiger partial charge on any atom is 0.291 e. The zero-order chi connectivity index (χ0) is 24.8. The van der Waals surface area contributed by atoms with Crippen molar-refractivity contribution in [1.82, 2.24) is 0 Å². The van der Waals surface area contributed by atoms with E-state index in [4.69, 9.17) is 13.9 Å². The van der Waals surface area contributed by atoms with Crippen LogP contribution in [0, 0.1) is 10.1 Å². The quantitative estimate of drug-likeness (QED) is 0.189. The largest absolute Gasteiger partial charge is 0.497 e. The van der Waals surface area contributed by atoms with Gasteiger partial charge in [0.25, 0.3) is 5.91 Å². The van der Waals surface area contributed by atoms with Crippen molar-refractivity contribution in [3.05, 3.63) is 105 Å². The molecule has 0 aliphatic rings. The fraction of sp³-hybridized carbons (Fsp3) is 0.0741. The Hall–Kier alpha value is -4.85. The van der Waals surface area contributed by atoms with Crippen LogP contribution in [0.15, 0.2) is 77.3 Å². The zero-order valence-electron chi connectivity index (χ0n) is 19.1. The third-order valence-corrected chi connectivity index (χ3v) is 5.24. The summed E-state index contributed by atoms with van der Waals surface area (Å²) >= 11 is 0. The van der Waals surface area contributed by atoms with Gasteiger partial charge in [0.05, 0.1) is 19.1 Å². The van der Waals surface area contributed by atoms with Crippen LogP contribution in [0.1, 0.15) is 27.2 Å². The van der Waals surface area contributed by atoms with Crippen LogP contribution in [-0.2, 0) is 0 Å². The lowest BCUT2D eigenvalue weighted by Gasteiger charge is -2.11. The topological polar surface area (TPSA) is 104 Å². The van der Waals surface area contributed by atoms with Crippen molar-refractivity contribution in [3.63, 3.8) is 0 Å². The number of nitro groups is 1. The smallest absolute Gasteiger partial charge is 0.291 e. The number of carbonyl (C=O) groups is 1. The number of nitrogens with zero attached hydrogens (tertiary/aromatic N) is 1. The Morgan fingerprint density at radius 3 is 2.43 bits per heavy atom. The second-order valence-electron chi connectivity index (χ2n) is 7.49. The summed E-state index contributed by atoms with van der Waals surface area (Å²) in [5.74, 6) is 0.904. The fourth-order valence-corrected chi connectivity index (χ4v) is 3.51. The first-order valence-corrected chi connectivity index (χ1v) is 10.6. The van der Waals surface area contributed by atoms with E-state index in [0.29, 0.717) is 33.9 Å². The third-order valence-electron chi connectivity index (χ3n) is 5.24. The van der Waals surface area contributed by atoms with Crippen LogP contribution in [-0.4, -0.2) is 25.1 Å². The molecule has 0 atom stereocenters. The van der Waals surface area contributed by atoms with E-state index in [2.05, 4.69) is 5.32 Å². The summed E-state index contributed by atoms with van der Waals surface area (Å²) in [6.07, 6.45) is 5.91. The van der Waals surface area contributed by atoms with Gasteiger partial charge in [-0.1, -0.05) is 42.5 Å². The molecule has 0 saturated heterocycles. The van der Waals surface area contributed by atoms with E-state index in [-0.39, 0.29) is 11.7 Å². The molecular weight excluding hydrogens is 448 g/mol. The van der Waals surface area contributed by atoms with E-state index >= 15 is 0 Å². The van der Waals surface area contributed by atoms with Gasteiger partial charge in [-0.2, -0.15) is 0 Å². The molecule has 1 heterocycles. The lowest BCUT2D eigenvalue weighted by atomic mass is 10.0. The molecule has 3 aromatic carbocycles. The van der Waals surface area contributed by atoms with Gasteiger partial charge in [0.15, 0.2) is 5.76 Å². The van der Waals surface area contributed by atoms with E-state index in [9.17, 15) is 14.9 Å². The van der Waals surface area contributed by atoms with E-state index in [0.717, 1.165) is 17.1 Å². The van der Waals surface area contributed by atoms with Crippen molar-refractivity contribution < 1.29 is 23.6 Å². The maximum absolute atomic E-state index is 12.6. The van der Waals surface area contributed by atoms with Gasteiger partial charge < -0.3 is 19.2 Å². The summed E-state index contributed by atoms with van der Waals surface area (Å²) in [6.45, 7) is 0. The molecule has 0 unspecified atom stereocenters. The van der Waals surface area contributed by atoms with Gasteiger partial charge in [0.2, 0.25) is 6.20 Å². The molecule has 0 saturated carbocycles. The summed E-state index contributed by atoms with van der Waals surface area (Å²) in [5.41, 5.74) is 3.36. The minimum Gasteiger partial charge on any atom is -0.497 e. The van der Waals surface area contributed by atoms with Crippen LogP contribution in [0.5, 0.6) is 11.5 Å². The monoisotopic (exact) mass is 470 g/mol. The number of nitrogens with one attached hydrogen (secondary N) is 1. The summed E-state index contributed by atoms with van der Waals surface area (Å²) in [5, 5.41) is 14.5. The highest BCUT2D eigenvalue weighted by Crippen LogP contribution is 2.31. The average molecular weight is 470 g/mol. The SMILES string of the molecule is COc1cc(/C=C/c2ccc(NC(=O)c3cc4ccccc4o3)cc2)c(/C=C/[N+](=O)[O-])c(OC)c1. The molecule has 0 aliphatic carbocycles. The molecule has 35 heavy (non-hydrogen) atoms. The Bertz CT molecular complexity index is 1400. The Morgan fingerprint density at radius 2 is 1.74 bits per heavy atom.